The van der Waals surface area contributed by atoms with E-state index in [0.29, 0.717) is 29.6 Å². The van der Waals surface area contributed by atoms with E-state index < -0.39 is 37.8 Å². The average Bonchev–Trinajstić information content (AvgIpc) is 3.43. The minimum atomic E-state index is -3.68. The summed E-state index contributed by atoms with van der Waals surface area (Å²) in [5, 5.41) is 26.3. The van der Waals surface area contributed by atoms with Gasteiger partial charge in [-0.05, 0) is 26.7 Å². The molecule has 1 aliphatic carbocycles. The topological polar surface area (TPSA) is 207 Å². The van der Waals surface area contributed by atoms with E-state index in [9.17, 15) is 14.2 Å². The number of imidazole rings is 1. The Morgan fingerprint density at radius 3 is 2.44 bits per heavy atom. The fourth-order valence-corrected chi connectivity index (χ4v) is 4.93. The van der Waals surface area contributed by atoms with Crippen LogP contribution < -0.4 is 21.2 Å². The Hall–Kier alpha value is -2.80. The number of carboxylic acid groups (broad SMARTS) is 2. The lowest BCUT2D eigenvalue weighted by atomic mass is 10.4. The lowest BCUT2D eigenvalue weighted by Gasteiger charge is -2.24. The second-order valence-corrected chi connectivity index (χ2v) is 9.87. The van der Waals surface area contributed by atoms with Gasteiger partial charge in [-0.15, -0.1) is 0 Å². The standard InChI is InChI=1S/C17H27N8O6P/c1-9(15(26)27)23-32(30,24-10(2)16(28)29)8-31-6-5-25-7-19-12-13(20-11-3-4-11)21-17(18)22-14(12)25/h7,9-11H,3-6,8H2,1-2H3,(H,26,27)(H,28,29)(H2,23,24,30)(H3,18,20,21,22)/t9-,10?,32?/m0/s1. The van der Waals surface area contributed by atoms with Crippen molar-refractivity contribution in [3.05, 3.63) is 6.33 Å². The second-order valence-electron chi connectivity index (χ2n) is 7.61. The fraction of sp³-hybridized carbons (Fsp3) is 0.588. The van der Waals surface area contributed by atoms with Crippen LogP contribution in [-0.4, -0.2) is 72.8 Å². The molecule has 1 fully saturated rings. The van der Waals surface area contributed by atoms with Crippen molar-refractivity contribution >= 4 is 42.3 Å². The molecule has 0 radical (unpaired) electrons. The van der Waals surface area contributed by atoms with Crippen molar-refractivity contribution < 1.29 is 29.1 Å². The average molecular weight is 470 g/mol. The minimum absolute atomic E-state index is 0.0804. The minimum Gasteiger partial charge on any atom is -0.480 e. The maximum Gasteiger partial charge on any atom is 0.320 e. The molecule has 1 saturated carbocycles. The van der Waals surface area contributed by atoms with Crippen molar-refractivity contribution in [2.45, 2.75) is 51.4 Å². The van der Waals surface area contributed by atoms with Crippen LogP contribution in [0.2, 0.25) is 0 Å². The number of carboxylic acids is 2. The van der Waals surface area contributed by atoms with Crippen molar-refractivity contribution in [3.63, 3.8) is 0 Å². The Kier molecular flexibility index (Phi) is 7.29. The van der Waals surface area contributed by atoms with Gasteiger partial charge >= 0.3 is 11.9 Å². The van der Waals surface area contributed by atoms with E-state index in [1.165, 1.54) is 13.8 Å². The van der Waals surface area contributed by atoms with Crippen molar-refractivity contribution in [3.8, 4) is 0 Å². The lowest BCUT2D eigenvalue weighted by Crippen LogP contribution is -2.41. The summed E-state index contributed by atoms with van der Waals surface area (Å²) in [5.41, 5.74) is 6.91. The number of nitrogen functional groups attached to an aromatic ring is 1. The summed E-state index contributed by atoms with van der Waals surface area (Å²) in [4.78, 5) is 35.0. The first-order valence-corrected chi connectivity index (χ1v) is 11.9. The summed E-state index contributed by atoms with van der Waals surface area (Å²) < 4.78 is 20.3. The molecule has 14 nitrogen and oxygen atoms in total. The third-order valence-corrected chi connectivity index (χ3v) is 6.85. The zero-order chi connectivity index (χ0) is 23.5. The molecular weight excluding hydrogens is 443 g/mol. The number of hydrogen-bond acceptors (Lipinski definition) is 9. The van der Waals surface area contributed by atoms with Crippen LogP contribution in [0.25, 0.3) is 11.2 Å². The van der Waals surface area contributed by atoms with Gasteiger partial charge in [0.1, 0.15) is 18.4 Å². The molecule has 3 atom stereocenters. The molecule has 176 valence electrons. The van der Waals surface area contributed by atoms with Gasteiger partial charge in [0.05, 0.1) is 12.9 Å². The number of nitrogens with two attached hydrogens (primary N) is 1. The van der Waals surface area contributed by atoms with E-state index in [0.717, 1.165) is 12.8 Å². The van der Waals surface area contributed by atoms with E-state index in [-0.39, 0.29) is 12.6 Å². The van der Waals surface area contributed by atoms with Crippen LogP contribution >= 0.6 is 7.44 Å². The Morgan fingerprint density at radius 2 is 1.88 bits per heavy atom. The maximum atomic E-state index is 13.1. The molecule has 0 spiro atoms. The summed E-state index contributed by atoms with van der Waals surface area (Å²) in [5.74, 6) is -1.79. The van der Waals surface area contributed by atoms with Gasteiger partial charge < -0.3 is 30.6 Å². The van der Waals surface area contributed by atoms with Crippen LogP contribution in [0.4, 0.5) is 11.8 Å². The molecular formula is C17H27N8O6P. The zero-order valence-corrected chi connectivity index (χ0v) is 18.6. The normalized spacial score (nSPS) is 17.6. The smallest absolute Gasteiger partial charge is 0.320 e. The first-order chi connectivity index (χ1) is 15.1. The maximum absolute atomic E-state index is 13.1. The first-order valence-electron chi connectivity index (χ1n) is 10.0. The number of ether oxygens (including phenoxy) is 1. The van der Waals surface area contributed by atoms with Gasteiger partial charge in [-0.3, -0.25) is 14.2 Å². The molecule has 7 N–H and O–H groups in total. The Balaban J connectivity index is 1.64. The van der Waals surface area contributed by atoms with E-state index >= 15 is 0 Å². The number of nitrogens with zero attached hydrogens (tertiary/aromatic N) is 4. The number of carbonyl (C=O) groups is 2. The summed E-state index contributed by atoms with van der Waals surface area (Å²) in [6.45, 7) is 2.98. The Morgan fingerprint density at radius 1 is 1.25 bits per heavy atom. The molecule has 1 aliphatic rings. The number of aliphatic carboxylic acids is 2. The van der Waals surface area contributed by atoms with Gasteiger partial charge in [-0.25, -0.2) is 15.2 Å². The third kappa shape index (κ3) is 6.13. The van der Waals surface area contributed by atoms with Crippen molar-refractivity contribution in [2.24, 2.45) is 0 Å². The van der Waals surface area contributed by atoms with Crippen molar-refractivity contribution in [1.82, 2.24) is 29.7 Å². The molecule has 32 heavy (non-hydrogen) atoms. The molecule has 0 amide bonds. The summed E-state index contributed by atoms with van der Waals surface area (Å²) in [6.07, 6.45) is 3.27. The third-order valence-electron chi connectivity index (χ3n) is 4.69. The molecule has 2 unspecified atom stereocenters. The number of hydrogen-bond donors (Lipinski definition) is 6. The van der Waals surface area contributed by atoms with Gasteiger partial charge in [0.15, 0.2) is 17.0 Å². The molecule has 2 heterocycles. The predicted octanol–water partition coefficient (Wildman–Crippen LogP) is 0.275. The van der Waals surface area contributed by atoms with Crippen LogP contribution in [0, 0.1) is 0 Å². The number of aromatic nitrogens is 4. The second kappa shape index (κ2) is 9.77. The Bertz CT molecular complexity index is 1020. The van der Waals surface area contributed by atoms with Crippen LogP contribution in [0.1, 0.15) is 26.7 Å². The molecule has 0 bridgehead atoms. The fourth-order valence-electron chi connectivity index (χ4n) is 2.85. The quantitative estimate of drug-likeness (QED) is 0.172. The van der Waals surface area contributed by atoms with E-state index in [1.54, 1.807) is 10.9 Å². The van der Waals surface area contributed by atoms with Gasteiger partial charge in [-0.2, -0.15) is 9.97 Å². The highest BCUT2D eigenvalue weighted by atomic mass is 31.2. The number of rotatable bonds is 13. The van der Waals surface area contributed by atoms with Crippen molar-refractivity contribution in [2.75, 3.05) is 24.0 Å². The molecule has 2 aromatic heterocycles. The van der Waals surface area contributed by atoms with Crippen LogP contribution in [-0.2, 0) is 25.4 Å². The highest BCUT2D eigenvalue weighted by molar-refractivity contribution is 7.59. The zero-order valence-electron chi connectivity index (χ0n) is 17.7. The molecule has 3 rings (SSSR count). The highest BCUT2D eigenvalue weighted by Gasteiger charge is 2.31. The Labute approximate surface area is 183 Å². The van der Waals surface area contributed by atoms with E-state index in [2.05, 4.69) is 30.4 Å². The molecule has 0 aromatic carbocycles. The van der Waals surface area contributed by atoms with Crippen LogP contribution in [0.5, 0.6) is 0 Å². The number of anilines is 2. The van der Waals surface area contributed by atoms with Gasteiger partial charge in [-0.1, -0.05) is 0 Å². The van der Waals surface area contributed by atoms with Gasteiger partial charge in [0.2, 0.25) is 13.4 Å². The largest absolute Gasteiger partial charge is 0.480 e. The molecule has 0 saturated heterocycles. The lowest BCUT2D eigenvalue weighted by molar-refractivity contribution is -0.139. The van der Waals surface area contributed by atoms with Crippen LogP contribution in [0.15, 0.2) is 6.33 Å². The monoisotopic (exact) mass is 470 g/mol. The number of fused-ring (bicyclic) bond motifs is 1. The highest BCUT2D eigenvalue weighted by Crippen LogP contribution is 2.37. The number of nitrogens with one attached hydrogen (secondary N) is 3. The summed E-state index contributed by atoms with van der Waals surface area (Å²) in [7, 11) is -3.68. The first kappa shape index (κ1) is 23.9. The molecule has 0 aliphatic heterocycles. The molecule has 2 aromatic rings. The molecule has 15 heteroatoms. The SMILES string of the molecule is CC(NP(=O)(COCCn1cnc2c(NC3CC3)nc(N)nc21)N[C@@H](C)C(=O)O)C(=O)O. The summed E-state index contributed by atoms with van der Waals surface area (Å²) in [6, 6.07) is -1.99. The predicted molar refractivity (Wildman–Crippen MR) is 115 cm³/mol. The van der Waals surface area contributed by atoms with E-state index in [1.807, 2.05) is 0 Å². The van der Waals surface area contributed by atoms with Crippen molar-refractivity contribution in [1.29, 1.82) is 0 Å². The van der Waals surface area contributed by atoms with E-state index in [4.69, 9.17) is 20.7 Å². The van der Waals surface area contributed by atoms with Gasteiger partial charge in [0.25, 0.3) is 0 Å². The van der Waals surface area contributed by atoms with Gasteiger partial charge in [0, 0.05) is 12.6 Å². The summed E-state index contributed by atoms with van der Waals surface area (Å²) >= 11 is 0. The van der Waals surface area contributed by atoms with Crippen LogP contribution in [0.3, 0.4) is 0 Å².